The maximum absolute atomic E-state index is 11.7. The van der Waals surface area contributed by atoms with E-state index in [1.165, 1.54) is 0 Å². The van der Waals surface area contributed by atoms with E-state index in [-0.39, 0.29) is 6.04 Å². The van der Waals surface area contributed by atoms with E-state index in [4.69, 9.17) is 9.47 Å². The molecule has 1 fully saturated rings. The lowest BCUT2D eigenvalue weighted by molar-refractivity contribution is 0.174. The van der Waals surface area contributed by atoms with Crippen LogP contribution in [-0.2, 0) is 10.8 Å². The lowest BCUT2D eigenvalue weighted by Gasteiger charge is -2.28. The average Bonchev–Trinajstić information content (AvgIpc) is 2.74. The SMILES string of the molecule is CC1CS(=O)CC(c2ccc3c(c2)OCO3)N1. The van der Waals surface area contributed by atoms with Crippen molar-refractivity contribution in [1.29, 1.82) is 0 Å². The summed E-state index contributed by atoms with van der Waals surface area (Å²) in [5.41, 5.74) is 1.12. The average molecular weight is 253 g/mol. The van der Waals surface area contributed by atoms with E-state index in [9.17, 15) is 4.21 Å². The van der Waals surface area contributed by atoms with Crippen LogP contribution in [0.1, 0.15) is 18.5 Å². The summed E-state index contributed by atoms with van der Waals surface area (Å²) in [6.45, 7) is 2.36. The third kappa shape index (κ3) is 2.17. The van der Waals surface area contributed by atoms with Gasteiger partial charge in [0.05, 0.1) is 0 Å². The maximum atomic E-state index is 11.7. The number of nitrogens with one attached hydrogen (secondary N) is 1. The van der Waals surface area contributed by atoms with Gasteiger partial charge in [-0.1, -0.05) is 6.07 Å². The fourth-order valence-corrected chi connectivity index (χ4v) is 3.75. The van der Waals surface area contributed by atoms with Crippen LogP contribution in [0.2, 0.25) is 0 Å². The molecule has 0 spiro atoms. The minimum Gasteiger partial charge on any atom is -0.454 e. The molecule has 0 aliphatic carbocycles. The largest absolute Gasteiger partial charge is 0.454 e. The molecule has 3 atom stereocenters. The Bertz CT molecular complexity index is 463. The van der Waals surface area contributed by atoms with Crippen LogP contribution in [-0.4, -0.2) is 28.5 Å². The summed E-state index contributed by atoms with van der Waals surface area (Å²) in [6.07, 6.45) is 0. The van der Waals surface area contributed by atoms with E-state index in [1.54, 1.807) is 0 Å². The van der Waals surface area contributed by atoms with Gasteiger partial charge in [0.25, 0.3) is 0 Å². The van der Waals surface area contributed by atoms with Crippen molar-refractivity contribution >= 4 is 10.8 Å². The second-order valence-corrected chi connectivity index (χ2v) is 6.05. The van der Waals surface area contributed by atoms with Gasteiger partial charge in [-0.15, -0.1) is 0 Å². The molecule has 0 amide bonds. The second kappa shape index (κ2) is 4.31. The topological polar surface area (TPSA) is 47.6 Å². The number of fused-ring (bicyclic) bond motifs is 1. The molecule has 2 aliphatic heterocycles. The Morgan fingerprint density at radius 2 is 2.12 bits per heavy atom. The molecule has 1 aromatic carbocycles. The minimum absolute atomic E-state index is 0.147. The maximum Gasteiger partial charge on any atom is 0.231 e. The van der Waals surface area contributed by atoms with Crippen molar-refractivity contribution in [3.8, 4) is 11.5 Å². The molecule has 3 unspecified atom stereocenters. The molecule has 3 rings (SSSR count). The highest BCUT2D eigenvalue weighted by atomic mass is 32.2. The predicted octanol–water partition coefficient (Wildman–Crippen LogP) is 1.20. The minimum atomic E-state index is -0.734. The summed E-state index contributed by atoms with van der Waals surface area (Å²) in [6, 6.07) is 6.35. The zero-order chi connectivity index (χ0) is 11.8. The van der Waals surface area contributed by atoms with Gasteiger partial charge < -0.3 is 14.8 Å². The van der Waals surface area contributed by atoms with E-state index in [1.807, 2.05) is 18.2 Å². The van der Waals surface area contributed by atoms with Gasteiger partial charge in [-0.25, -0.2) is 0 Å². The summed E-state index contributed by atoms with van der Waals surface area (Å²) < 4.78 is 22.3. The van der Waals surface area contributed by atoms with Crippen LogP contribution in [0, 0.1) is 0 Å². The highest BCUT2D eigenvalue weighted by molar-refractivity contribution is 7.85. The zero-order valence-electron chi connectivity index (χ0n) is 9.64. The van der Waals surface area contributed by atoms with Crippen LogP contribution in [0.15, 0.2) is 18.2 Å². The molecule has 0 saturated carbocycles. The summed E-state index contributed by atoms with van der Waals surface area (Å²) in [5, 5.41) is 3.46. The Balaban J connectivity index is 1.86. The molecule has 17 heavy (non-hydrogen) atoms. The van der Waals surface area contributed by atoms with Crippen LogP contribution in [0.3, 0.4) is 0 Å². The Kier molecular flexibility index (Phi) is 2.80. The van der Waals surface area contributed by atoms with Crippen molar-refractivity contribution in [3.63, 3.8) is 0 Å². The van der Waals surface area contributed by atoms with Crippen LogP contribution in [0.4, 0.5) is 0 Å². The van der Waals surface area contributed by atoms with Crippen molar-refractivity contribution in [2.24, 2.45) is 0 Å². The molecular formula is C12H15NO3S. The Labute approximate surface area is 103 Å². The van der Waals surface area contributed by atoms with Crippen LogP contribution >= 0.6 is 0 Å². The van der Waals surface area contributed by atoms with E-state index in [0.29, 0.717) is 18.6 Å². The summed E-state index contributed by atoms with van der Waals surface area (Å²) in [7, 11) is -0.734. The molecule has 1 saturated heterocycles. The molecule has 92 valence electrons. The van der Waals surface area contributed by atoms with Crippen molar-refractivity contribution in [3.05, 3.63) is 23.8 Å². The lowest BCUT2D eigenvalue weighted by atomic mass is 10.1. The number of rotatable bonds is 1. The van der Waals surface area contributed by atoms with Crippen molar-refractivity contribution < 1.29 is 13.7 Å². The molecule has 5 heteroatoms. The molecule has 2 aliphatic rings. The molecule has 1 N–H and O–H groups in total. The van der Waals surface area contributed by atoms with Gasteiger partial charge in [0.2, 0.25) is 6.79 Å². The normalized spacial score (nSPS) is 31.5. The Morgan fingerprint density at radius 3 is 2.94 bits per heavy atom. The lowest BCUT2D eigenvalue weighted by Crippen LogP contribution is -2.43. The van der Waals surface area contributed by atoms with Gasteiger partial charge in [0.1, 0.15) is 0 Å². The van der Waals surface area contributed by atoms with E-state index in [0.717, 1.165) is 22.8 Å². The number of hydrogen-bond acceptors (Lipinski definition) is 4. The summed E-state index contributed by atoms with van der Waals surface area (Å²) in [5.74, 6) is 2.98. The predicted molar refractivity (Wildman–Crippen MR) is 65.8 cm³/mol. The van der Waals surface area contributed by atoms with Crippen molar-refractivity contribution in [1.82, 2.24) is 5.32 Å². The Morgan fingerprint density at radius 1 is 1.29 bits per heavy atom. The summed E-state index contributed by atoms with van der Waals surface area (Å²) in [4.78, 5) is 0. The molecule has 1 aromatic rings. The van der Waals surface area contributed by atoms with Crippen LogP contribution in [0.5, 0.6) is 11.5 Å². The zero-order valence-corrected chi connectivity index (χ0v) is 10.5. The molecule has 0 aromatic heterocycles. The van der Waals surface area contributed by atoms with E-state index in [2.05, 4.69) is 12.2 Å². The first-order valence-corrected chi connectivity index (χ1v) is 7.22. The third-order valence-electron chi connectivity index (χ3n) is 3.07. The van der Waals surface area contributed by atoms with Crippen LogP contribution in [0.25, 0.3) is 0 Å². The van der Waals surface area contributed by atoms with Crippen molar-refractivity contribution in [2.45, 2.75) is 19.0 Å². The van der Waals surface area contributed by atoms with Crippen LogP contribution < -0.4 is 14.8 Å². The van der Waals surface area contributed by atoms with Gasteiger partial charge in [0.15, 0.2) is 11.5 Å². The molecule has 0 radical (unpaired) electrons. The fourth-order valence-electron chi connectivity index (χ4n) is 2.29. The highest BCUT2D eigenvalue weighted by Crippen LogP contribution is 2.34. The first-order chi connectivity index (χ1) is 8.22. The monoisotopic (exact) mass is 253 g/mol. The van der Waals surface area contributed by atoms with Gasteiger partial charge in [0, 0.05) is 34.4 Å². The quantitative estimate of drug-likeness (QED) is 0.817. The Hall–Kier alpha value is -1.07. The molecular weight excluding hydrogens is 238 g/mol. The molecule has 0 bridgehead atoms. The second-order valence-electron chi connectivity index (χ2n) is 4.51. The van der Waals surface area contributed by atoms with Crippen molar-refractivity contribution in [2.75, 3.05) is 18.3 Å². The number of benzene rings is 1. The van der Waals surface area contributed by atoms with Gasteiger partial charge in [-0.2, -0.15) is 0 Å². The fraction of sp³-hybridized carbons (Fsp3) is 0.500. The third-order valence-corrected chi connectivity index (χ3v) is 4.65. The first-order valence-electron chi connectivity index (χ1n) is 5.73. The number of hydrogen-bond donors (Lipinski definition) is 1. The first kappa shape index (κ1) is 11.0. The summed E-state index contributed by atoms with van der Waals surface area (Å²) >= 11 is 0. The van der Waals surface area contributed by atoms with E-state index >= 15 is 0 Å². The molecule has 2 heterocycles. The van der Waals surface area contributed by atoms with Gasteiger partial charge in [-0.3, -0.25) is 4.21 Å². The standard InChI is InChI=1S/C12H15NO3S/c1-8-5-17(14)6-10(13-8)9-2-3-11-12(4-9)16-7-15-11/h2-4,8,10,13H,5-7H2,1H3. The van der Waals surface area contributed by atoms with Gasteiger partial charge in [-0.05, 0) is 24.6 Å². The smallest absolute Gasteiger partial charge is 0.231 e. The number of ether oxygens (including phenoxy) is 2. The molecule has 4 nitrogen and oxygen atoms in total. The van der Waals surface area contributed by atoms with Gasteiger partial charge >= 0.3 is 0 Å². The highest BCUT2D eigenvalue weighted by Gasteiger charge is 2.25. The van der Waals surface area contributed by atoms with E-state index < -0.39 is 10.8 Å².